The van der Waals surface area contributed by atoms with Gasteiger partial charge < -0.3 is 5.73 Å². The number of thiol groups is 1. The average Bonchev–Trinajstić information content (AvgIpc) is 1.94. The molecule has 0 saturated heterocycles. The van der Waals surface area contributed by atoms with Gasteiger partial charge in [0, 0.05) is 4.90 Å². The van der Waals surface area contributed by atoms with Gasteiger partial charge in [0.1, 0.15) is 0 Å². The zero-order valence-electron chi connectivity index (χ0n) is 6.16. The van der Waals surface area contributed by atoms with Crippen molar-refractivity contribution < 1.29 is 0 Å². The molecule has 3 heteroatoms. The fraction of sp³-hybridized carbons (Fsp3) is 0.250. The van der Waals surface area contributed by atoms with Gasteiger partial charge in [-0.2, -0.15) is 0 Å². The van der Waals surface area contributed by atoms with Gasteiger partial charge in [0.25, 0.3) is 0 Å². The van der Waals surface area contributed by atoms with E-state index >= 15 is 0 Å². The van der Waals surface area contributed by atoms with Crippen LogP contribution in [0.2, 0.25) is 0 Å². The minimum Gasteiger partial charge on any atom is -0.330 e. The summed E-state index contributed by atoms with van der Waals surface area (Å²) in [4.78, 5) is 1.04. The number of benzene rings is 1. The Balaban J connectivity index is 0.000001000. The maximum atomic E-state index is 5.40. The van der Waals surface area contributed by atoms with Gasteiger partial charge in [0.15, 0.2) is 0 Å². The largest absolute Gasteiger partial charge is 0.330 e. The number of nitrogens with two attached hydrogens (primary N) is 1. The highest BCUT2D eigenvalue weighted by Gasteiger charge is 1.93. The van der Waals surface area contributed by atoms with Gasteiger partial charge in [-0.15, -0.1) is 29.6 Å². The highest BCUT2D eigenvalue weighted by Crippen LogP contribution is 2.12. The van der Waals surface area contributed by atoms with E-state index in [4.69, 9.17) is 5.73 Å². The van der Waals surface area contributed by atoms with Crippen LogP contribution in [-0.4, -0.2) is 6.54 Å². The molecule has 0 aliphatic heterocycles. The zero-order chi connectivity index (χ0) is 7.40. The predicted molar refractivity (Wildman–Crippen MR) is 56.8 cm³/mol. The molecule has 0 atom stereocenters. The summed E-state index contributed by atoms with van der Waals surface area (Å²) in [7, 11) is 0. The minimum absolute atomic E-state index is 0. The van der Waals surface area contributed by atoms with Gasteiger partial charge in [-0.25, -0.2) is 0 Å². The average molecular weight is 234 g/mol. The van der Waals surface area contributed by atoms with Gasteiger partial charge >= 0.3 is 0 Å². The first-order chi connectivity index (χ1) is 4.84. The van der Waals surface area contributed by atoms with Gasteiger partial charge in [-0.1, -0.05) is 18.2 Å². The molecule has 0 heterocycles. The Morgan fingerprint density at radius 2 is 1.91 bits per heavy atom. The van der Waals surface area contributed by atoms with Crippen LogP contribution in [0.1, 0.15) is 5.56 Å². The van der Waals surface area contributed by atoms with Gasteiger partial charge in [0.2, 0.25) is 0 Å². The van der Waals surface area contributed by atoms with E-state index in [0.29, 0.717) is 6.54 Å². The molecule has 0 saturated carbocycles. The normalized spacial score (nSPS) is 8.91. The highest BCUT2D eigenvalue weighted by atomic mass is 79.9. The third-order valence-corrected chi connectivity index (χ3v) is 1.84. The minimum atomic E-state index is 0. The maximum absolute atomic E-state index is 5.40. The van der Waals surface area contributed by atoms with Crippen molar-refractivity contribution in [2.24, 2.45) is 5.73 Å². The molecule has 0 fully saturated rings. The Labute approximate surface area is 83.2 Å². The second-order valence-corrected chi connectivity index (χ2v) is 2.65. The molecule has 0 spiro atoms. The molecule has 0 aliphatic carbocycles. The molecular weight excluding hydrogens is 222 g/mol. The SMILES string of the molecule is Br.NCCc1ccccc1S. The second-order valence-electron chi connectivity index (χ2n) is 2.17. The van der Waals surface area contributed by atoms with Gasteiger partial charge in [-0.3, -0.25) is 0 Å². The highest BCUT2D eigenvalue weighted by molar-refractivity contribution is 8.93. The first-order valence-electron chi connectivity index (χ1n) is 3.31. The van der Waals surface area contributed by atoms with Crippen LogP contribution in [0.4, 0.5) is 0 Å². The third-order valence-electron chi connectivity index (χ3n) is 1.41. The Hall–Kier alpha value is 0.01000. The molecule has 0 amide bonds. The molecular formula is C8H12BrNS. The van der Waals surface area contributed by atoms with Crippen LogP contribution < -0.4 is 5.73 Å². The number of halogens is 1. The van der Waals surface area contributed by atoms with Crippen molar-refractivity contribution in [1.29, 1.82) is 0 Å². The Morgan fingerprint density at radius 3 is 2.45 bits per heavy atom. The van der Waals surface area contributed by atoms with E-state index in [2.05, 4.69) is 18.7 Å². The van der Waals surface area contributed by atoms with Crippen LogP contribution in [0, 0.1) is 0 Å². The molecule has 1 nitrogen and oxygen atoms in total. The molecule has 62 valence electrons. The van der Waals surface area contributed by atoms with Crippen LogP contribution in [0.5, 0.6) is 0 Å². The molecule has 0 bridgehead atoms. The van der Waals surface area contributed by atoms with Crippen molar-refractivity contribution in [3.8, 4) is 0 Å². The fourth-order valence-electron chi connectivity index (χ4n) is 0.878. The summed E-state index contributed by atoms with van der Waals surface area (Å²) in [6, 6.07) is 8.01. The van der Waals surface area contributed by atoms with E-state index in [0.717, 1.165) is 11.3 Å². The topological polar surface area (TPSA) is 26.0 Å². The van der Waals surface area contributed by atoms with E-state index in [-0.39, 0.29) is 17.0 Å². The van der Waals surface area contributed by atoms with Gasteiger partial charge in [0.05, 0.1) is 0 Å². The summed E-state index contributed by atoms with van der Waals surface area (Å²) in [5, 5.41) is 0. The molecule has 0 aromatic heterocycles. The summed E-state index contributed by atoms with van der Waals surface area (Å²) >= 11 is 4.28. The van der Waals surface area contributed by atoms with Crippen LogP contribution >= 0.6 is 29.6 Å². The summed E-state index contributed by atoms with van der Waals surface area (Å²) in [6.07, 6.45) is 0.916. The van der Waals surface area contributed by atoms with Crippen molar-refractivity contribution in [2.45, 2.75) is 11.3 Å². The van der Waals surface area contributed by atoms with Crippen LogP contribution in [-0.2, 0) is 6.42 Å². The summed E-state index contributed by atoms with van der Waals surface area (Å²) in [5.41, 5.74) is 6.63. The second kappa shape index (κ2) is 5.63. The molecule has 0 aliphatic rings. The summed E-state index contributed by atoms with van der Waals surface area (Å²) in [5.74, 6) is 0. The Kier molecular flexibility index (Phi) is 5.64. The molecule has 1 rings (SSSR count). The van der Waals surface area contributed by atoms with Crippen LogP contribution in [0.25, 0.3) is 0 Å². The van der Waals surface area contributed by atoms with Crippen molar-refractivity contribution >= 4 is 29.6 Å². The fourth-order valence-corrected chi connectivity index (χ4v) is 1.15. The van der Waals surface area contributed by atoms with Crippen molar-refractivity contribution in [3.63, 3.8) is 0 Å². The van der Waals surface area contributed by atoms with Crippen LogP contribution in [0.15, 0.2) is 29.2 Å². The standard InChI is InChI=1S/C8H11NS.BrH/c9-6-5-7-3-1-2-4-8(7)10;/h1-4,10H,5-6,9H2;1H. The maximum Gasteiger partial charge on any atom is 0.00725 e. The Morgan fingerprint density at radius 1 is 1.27 bits per heavy atom. The lowest BCUT2D eigenvalue weighted by atomic mass is 10.1. The zero-order valence-corrected chi connectivity index (χ0v) is 8.76. The lowest BCUT2D eigenvalue weighted by Gasteiger charge is -2.00. The number of hydrogen-bond donors (Lipinski definition) is 2. The molecule has 11 heavy (non-hydrogen) atoms. The monoisotopic (exact) mass is 233 g/mol. The summed E-state index contributed by atoms with van der Waals surface area (Å²) in [6.45, 7) is 0.692. The molecule has 1 aromatic carbocycles. The van der Waals surface area contributed by atoms with Crippen LogP contribution in [0.3, 0.4) is 0 Å². The third kappa shape index (κ3) is 3.27. The Bertz CT molecular complexity index is 215. The van der Waals surface area contributed by atoms with Crippen molar-refractivity contribution in [3.05, 3.63) is 29.8 Å². The van der Waals surface area contributed by atoms with E-state index in [1.807, 2.05) is 18.2 Å². The molecule has 0 unspecified atom stereocenters. The van der Waals surface area contributed by atoms with E-state index in [1.165, 1.54) is 5.56 Å². The number of rotatable bonds is 2. The summed E-state index contributed by atoms with van der Waals surface area (Å²) < 4.78 is 0. The quantitative estimate of drug-likeness (QED) is 0.752. The molecule has 0 radical (unpaired) electrons. The van der Waals surface area contributed by atoms with E-state index in [1.54, 1.807) is 0 Å². The lowest BCUT2D eigenvalue weighted by Crippen LogP contribution is -2.02. The van der Waals surface area contributed by atoms with Crippen molar-refractivity contribution in [2.75, 3.05) is 6.54 Å². The predicted octanol–water partition coefficient (Wildman–Crippen LogP) is 2.05. The number of hydrogen-bond acceptors (Lipinski definition) is 2. The van der Waals surface area contributed by atoms with E-state index in [9.17, 15) is 0 Å². The first kappa shape index (κ1) is 11.0. The van der Waals surface area contributed by atoms with E-state index < -0.39 is 0 Å². The van der Waals surface area contributed by atoms with Gasteiger partial charge in [-0.05, 0) is 24.6 Å². The molecule has 1 aromatic rings. The first-order valence-corrected chi connectivity index (χ1v) is 3.76. The molecule has 2 N–H and O–H groups in total. The smallest absolute Gasteiger partial charge is 0.00725 e. The van der Waals surface area contributed by atoms with Crippen molar-refractivity contribution in [1.82, 2.24) is 0 Å². The lowest BCUT2D eigenvalue weighted by molar-refractivity contribution is 0.946.